The monoisotopic (exact) mass is 281 g/mol. The molecule has 1 N–H and O–H groups in total. The molecule has 18 heavy (non-hydrogen) atoms. The molecule has 1 unspecified atom stereocenters. The Hall–Kier alpha value is -1.03. The SMILES string of the molecule is CC(O)c1ccc(N(C)Cc2ccc(Cl)s2)cc1. The molecule has 0 bridgehead atoms. The Kier molecular flexibility index (Phi) is 4.27. The first-order valence-corrected chi connectivity index (χ1v) is 6.99. The van der Waals surface area contributed by atoms with Crippen molar-refractivity contribution >= 4 is 28.6 Å². The highest BCUT2D eigenvalue weighted by molar-refractivity contribution is 7.16. The lowest BCUT2D eigenvalue weighted by molar-refractivity contribution is 0.199. The molecule has 0 aliphatic carbocycles. The van der Waals surface area contributed by atoms with Crippen LogP contribution in [-0.2, 0) is 6.54 Å². The highest BCUT2D eigenvalue weighted by atomic mass is 35.5. The number of hydrogen-bond donors (Lipinski definition) is 1. The van der Waals surface area contributed by atoms with E-state index in [4.69, 9.17) is 11.6 Å². The number of thiophene rings is 1. The predicted octanol–water partition coefficient (Wildman–Crippen LogP) is 4.09. The summed E-state index contributed by atoms with van der Waals surface area (Å²) in [4.78, 5) is 3.40. The number of nitrogens with zero attached hydrogens (tertiary/aromatic N) is 1. The van der Waals surface area contributed by atoms with E-state index in [1.807, 2.05) is 43.4 Å². The Morgan fingerprint density at radius 1 is 1.22 bits per heavy atom. The summed E-state index contributed by atoms with van der Waals surface area (Å²) < 4.78 is 0.822. The molecular formula is C14H16ClNOS. The van der Waals surface area contributed by atoms with Gasteiger partial charge >= 0.3 is 0 Å². The van der Waals surface area contributed by atoms with Crippen molar-refractivity contribution in [2.75, 3.05) is 11.9 Å². The zero-order valence-electron chi connectivity index (χ0n) is 10.4. The minimum Gasteiger partial charge on any atom is -0.389 e. The normalized spacial score (nSPS) is 12.4. The van der Waals surface area contributed by atoms with Crippen LogP contribution >= 0.6 is 22.9 Å². The molecule has 0 saturated heterocycles. The lowest BCUT2D eigenvalue weighted by Crippen LogP contribution is -2.15. The molecule has 2 nitrogen and oxygen atoms in total. The summed E-state index contributed by atoms with van der Waals surface area (Å²) in [5.74, 6) is 0. The van der Waals surface area contributed by atoms with Crippen molar-refractivity contribution < 1.29 is 5.11 Å². The molecule has 1 heterocycles. The van der Waals surface area contributed by atoms with Crippen LogP contribution in [0.25, 0.3) is 0 Å². The maximum absolute atomic E-state index is 9.46. The Balaban J connectivity index is 2.06. The zero-order chi connectivity index (χ0) is 13.1. The average Bonchev–Trinajstić information content (AvgIpc) is 2.75. The van der Waals surface area contributed by atoms with Crippen LogP contribution in [-0.4, -0.2) is 12.2 Å². The Bertz CT molecular complexity index is 507. The molecule has 0 saturated carbocycles. The minimum atomic E-state index is -0.416. The molecule has 2 aromatic rings. The quantitative estimate of drug-likeness (QED) is 0.912. The molecule has 0 aliphatic heterocycles. The topological polar surface area (TPSA) is 23.5 Å². The van der Waals surface area contributed by atoms with E-state index < -0.39 is 6.10 Å². The second-order valence-corrected chi connectivity index (χ2v) is 6.13. The summed E-state index contributed by atoms with van der Waals surface area (Å²) in [6, 6.07) is 11.9. The van der Waals surface area contributed by atoms with Crippen molar-refractivity contribution in [2.45, 2.75) is 19.6 Å². The van der Waals surface area contributed by atoms with Crippen molar-refractivity contribution in [1.29, 1.82) is 0 Å². The number of aliphatic hydroxyl groups excluding tert-OH is 1. The molecule has 4 heteroatoms. The third-order valence-electron chi connectivity index (χ3n) is 2.84. The molecule has 0 fully saturated rings. The van der Waals surface area contributed by atoms with E-state index in [9.17, 15) is 5.11 Å². The van der Waals surface area contributed by atoms with Crippen LogP contribution in [0.3, 0.4) is 0 Å². The molecule has 96 valence electrons. The van der Waals surface area contributed by atoms with Gasteiger partial charge in [0.25, 0.3) is 0 Å². The molecular weight excluding hydrogens is 266 g/mol. The van der Waals surface area contributed by atoms with Crippen molar-refractivity contribution in [3.8, 4) is 0 Å². The lowest BCUT2D eigenvalue weighted by atomic mass is 10.1. The van der Waals surface area contributed by atoms with Gasteiger partial charge < -0.3 is 10.0 Å². The van der Waals surface area contributed by atoms with Gasteiger partial charge in [0.1, 0.15) is 0 Å². The van der Waals surface area contributed by atoms with Crippen LogP contribution in [0.2, 0.25) is 4.34 Å². The van der Waals surface area contributed by atoms with Gasteiger partial charge in [-0.25, -0.2) is 0 Å². The molecule has 0 amide bonds. The van der Waals surface area contributed by atoms with Crippen LogP contribution in [0.1, 0.15) is 23.5 Å². The first-order chi connectivity index (χ1) is 8.56. The Morgan fingerprint density at radius 3 is 2.39 bits per heavy atom. The smallest absolute Gasteiger partial charge is 0.0931 e. The molecule has 0 radical (unpaired) electrons. The first kappa shape index (κ1) is 13.4. The maximum Gasteiger partial charge on any atom is 0.0931 e. The van der Waals surface area contributed by atoms with Crippen molar-refractivity contribution in [1.82, 2.24) is 0 Å². The minimum absolute atomic E-state index is 0.416. The lowest BCUT2D eigenvalue weighted by Gasteiger charge is -2.19. The fraction of sp³-hybridized carbons (Fsp3) is 0.286. The number of rotatable bonds is 4. The standard InChI is InChI=1S/C14H16ClNOS/c1-10(17)11-3-5-12(6-4-11)16(2)9-13-7-8-14(15)18-13/h3-8,10,17H,9H2,1-2H3. The second kappa shape index (κ2) is 5.74. The van der Waals surface area contributed by atoms with Gasteiger partial charge in [0.15, 0.2) is 0 Å². The summed E-state index contributed by atoms with van der Waals surface area (Å²) in [5, 5.41) is 9.46. The fourth-order valence-corrected chi connectivity index (χ4v) is 2.91. The van der Waals surface area contributed by atoms with E-state index in [1.54, 1.807) is 18.3 Å². The Morgan fingerprint density at radius 2 is 1.89 bits per heavy atom. The van der Waals surface area contributed by atoms with Crippen LogP contribution in [0.4, 0.5) is 5.69 Å². The maximum atomic E-state index is 9.46. The predicted molar refractivity (Wildman–Crippen MR) is 78.5 cm³/mol. The van der Waals surface area contributed by atoms with E-state index >= 15 is 0 Å². The summed E-state index contributed by atoms with van der Waals surface area (Å²) >= 11 is 7.52. The van der Waals surface area contributed by atoms with Gasteiger partial charge in [-0.1, -0.05) is 23.7 Å². The number of benzene rings is 1. The summed E-state index contributed by atoms with van der Waals surface area (Å²) in [6.07, 6.45) is -0.416. The van der Waals surface area contributed by atoms with Crippen LogP contribution in [0.5, 0.6) is 0 Å². The van der Waals surface area contributed by atoms with Crippen LogP contribution < -0.4 is 4.90 Å². The van der Waals surface area contributed by atoms with Gasteiger partial charge in [-0.15, -0.1) is 11.3 Å². The molecule has 0 aliphatic rings. The van der Waals surface area contributed by atoms with E-state index in [0.717, 1.165) is 22.1 Å². The van der Waals surface area contributed by atoms with Crippen molar-refractivity contribution in [2.24, 2.45) is 0 Å². The second-order valence-electron chi connectivity index (χ2n) is 4.33. The summed E-state index contributed by atoms with van der Waals surface area (Å²) in [5.41, 5.74) is 2.07. The van der Waals surface area contributed by atoms with Gasteiger partial charge in [0.05, 0.1) is 17.0 Å². The van der Waals surface area contributed by atoms with Crippen molar-refractivity contribution in [3.63, 3.8) is 0 Å². The van der Waals surface area contributed by atoms with Crippen LogP contribution in [0, 0.1) is 0 Å². The van der Waals surface area contributed by atoms with Crippen LogP contribution in [0.15, 0.2) is 36.4 Å². The third-order valence-corrected chi connectivity index (χ3v) is 4.05. The van der Waals surface area contributed by atoms with E-state index in [2.05, 4.69) is 4.90 Å². The highest BCUT2D eigenvalue weighted by Gasteiger charge is 2.06. The largest absolute Gasteiger partial charge is 0.389 e. The molecule has 1 atom stereocenters. The number of hydrogen-bond acceptors (Lipinski definition) is 3. The Labute approximate surface area is 116 Å². The number of anilines is 1. The van der Waals surface area contributed by atoms with E-state index in [-0.39, 0.29) is 0 Å². The van der Waals surface area contributed by atoms with E-state index in [1.165, 1.54) is 4.88 Å². The van der Waals surface area contributed by atoms with Gasteiger partial charge in [0, 0.05) is 17.6 Å². The third kappa shape index (κ3) is 3.25. The summed E-state index contributed by atoms with van der Waals surface area (Å²) in [6.45, 7) is 2.61. The molecule has 1 aromatic carbocycles. The van der Waals surface area contributed by atoms with E-state index in [0.29, 0.717) is 0 Å². The zero-order valence-corrected chi connectivity index (χ0v) is 12.0. The first-order valence-electron chi connectivity index (χ1n) is 5.79. The van der Waals surface area contributed by atoms with Gasteiger partial charge in [-0.3, -0.25) is 0 Å². The fourth-order valence-electron chi connectivity index (χ4n) is 1.77. The average molecular weight is 282 g/mol. The highest BCUT2D eigenvalue weighted by Crippen LogP contribution is 2.25. The molecule has 2 rings (SSSR count). The number of aliphatic hydroxyl groups is 1. The van der Waals surface area contributed by atoms with Gasteiger partial charge in [-0.05, 0) is 36.8 Å². The molecule has 0 spiro atoms. The number of halogens is 1. The molecule has 1 aromatic heterocycles. The van der Waals surface area contributed by atoms with Gasteiger partial charge in [-0.2, -0.15) is 0 Å². The van der Waals surface area contributed by atoms with Crippen molar-refractivity contribution in [3.05, 3.63) is 51.2 Å². The summed E-state index contributed by atoms with van der Waals surface area (Å²) in [7, 11) is 2.05. The van der Waals surface area contributed by atoms with Gasteiger partial charge in [0.2, 0.25) is 0 Å².